The van der Waals surface area contributed by atoms with Gasteiger partial charge in [0.25, 0.3) is 5.91 Å². The van der Waals surface area contributed by atoms with E-state index >= 15 is 0 Å². The van der Waals surface area contributed by atoms with E-state index in [9.17, 15) is 14.7 Å². The van der Waals surface area contributed by atoms with Gasteiger partial charge in [-0.05, 0) is 38.0 Å². The number of hydrogen-bond acceptors (Lipinski definition) is 4. The number of amides is 1. The summed E-state index contributed by atoms with van der Waals surface area (Å²) in [6, 6.07) is 7.49. The van der Waals surface area contributed by atoms with Crippen LogP contribution in [0.2, 0.25) is 0 Å². The molecule has 0 spiro atoms. The third-order valence-corrected chi connectivity index (χ3v) is 4.49. The maximum Gasteiger partial charge on any atom is 0.331 e. The Balaban J connectivity index is 1.74. The van der Waals surface area contributed by atoms with E-state index in [0.717, 1.165) is 18.6 Å². The number of nitrogens with one attached hydrogen (secondary N) is 1. The summed E-state index contributed by atoms with van der Waals surface area (Å²) in [7, 11) is 0. The largest absolute Gasteiger partial charge is 0.479 e. The number of carboxylic acid groups (broad SMARTS) is 1. The minimum atomic E-state index is -1.19. The number of aliphatic carboxylic acids is 1. The van der Waals surface area contributed by atoms with Crippen LogP contribution in [0.1, 0.15) is 42.1 Å². The van der Waals surface area contributed by atoms with Gasteiger partial charge in [0.2, 0.25) is 0 Å². The Morgan fingerprint density at radius 1 is 1.40 bits per heavy atom. The first-order valence-electron chi connectivity index (χ1n) is 8.15. The highest BCUT2D eigenvalue weighted by Crippen LogP contribution is 2.26. The minimum Gasteiger partial charge on any atom is -0.479 e. The molecule has 2 aromatic rings. The second-order valence-corrected chi connectivity index (χ2v) is 6.68. The zero-order valence-electron chi connectivity index (χ0n) is 14.2. The lowest BCUT2D eigenvalue weighted by molar-refractivity contribution is -0.146. The first-order valence-corrected chi connectivity index (χ1v) is 8.15. The van der Waals surface area contributed by atoms with Crippen molar-refractivity contribution in [3.05, 3.63) is 47.8 Å². The normalized spacial score (nSPS) is 17.4. The van der Waals surface area contributed by atoms with Crippen molar-refractivity contribution in [3.63, 3.8) is 0 Å². The Morgan fingerprint density at radius 3 is 2.88 bits per heavy atom. The van der Waals surface area contributed by atoms with Gasteiger partial charge < -0.3 is 15.2 Å². The van der Waals surface area contributed by atoms with Crippen LogP contribution in [0.25, 0.3) is 0 Å². The van der Waals surface area contributed by atoms with Crippen molar-refractivity contribution in [3.8, 4) is 0 Å². The average molecular weight is 343 g/mol. The highest BCUT2D eigenvalue weighted by atomic mass is 16.5. The first kappa shape index (κ1) is 17.2. The summed E-state index contributed by atoms with van der Waals surface area (Å²) in [6.07, 6.45) is 3.92. The number of hydrogen-bond donors (Lipinski definition) is 2. The molecule has 0 radical (unpaired) electrons. The molecule has 0 aliphatic carbocycles. The summed E-state index contributed by atoms with van der Waals surface area (Å²) >= 11 is 0. The molecule has 1 saturated heterocycles. The van der Waals surface area contributed by atoms with E-state index in [2.05, 4.69) is 10.4 Å². The van der Waals surface area contributed by atoms with Crippen molar-refractivity contribution in [2.75, 3.05) is 18.5 Å². The van der Waals surface area contributed by atoms with Crippen LogP contribution < -0.4 is 5.32 Å². The molecular formula is C18H21N3O4. The van der Waals surface area contributed by atoms with Crippen molar-refractivity contribution >= 4 is 17.6 Å². The molecule has 2 heterocycles. The van der Waals surface area contributed by atoms with Crippen molar-refractivity contribution in [2.45, 2.75) is 31.7 Å². The SMILES string of the molecule is CC(C)(C(=O)O)n1cc(NC(=O)c2cccc(C3CCOC3)c2)cn1. The van der Waals surface area contributed by atoms with Crippen LogP contribution in [0.4, 0.5) is 5.69 Å². The third kappa shape index (κ3) is 3.56. The fourth-order valence-corrected chi connectivity index (χ4v) is 2.73. The molecule has 7 nitrogen and oxygen atoms in total. The summed E-state index contributed by atoms with van der Waals surface area (Å²) in [5.41, 5.74) is 0.905. The van der Waals surface area contributed by atoms with Gasteiger partial charge in [0.05, 0.1) is 18.5 Å². The number of carbonyl (C=O) groups excluding carboxylic acids is 1. The van der Waals surface area contributed by atoms with Crippen molar-refractivity contribution < 1.29 is 19.4 Å². The van der Waals surface area contributed by atoms with E-state index in [4.69, 9.17) is 4.74 Å². The number of rotatable bonds is 5. The van der Waals surface area contributed by atoms with Crippen LogP contribution in [0.5, 0.6) is 0 Å². The molecule has 0 saturated carbocycles. The summed E-state index contributed by atoms with van der Waals surface area (Å²) in [4.78, 5) is 23.8. The van der Waals surface area contributed by atoms with Gasteiger partial charge in [-0.25, -0.2) is 4.79 Å². The standard InChI is InChI=1S/C18H21N3O4/c1-18(2,17(23)24)21-10-15(9-19-21)20-16(22)13-5-3-4-12(8-13)14-6-7-25-11-14/h3-5,8-10,14H,6-7,11H2,1-2H3,(H,20,22)(H,23,24). The molecule has 1 unspecified atom stereocenters. The quantitative estimate of drug-likeness (QED) is 0.870. The van der Waals surface area contributed by atoms with E-state index in [1.54, 1.807) is 19.9 Å². The van der Waals surface area contributed by atoms with Gasteiger partial charge in [-0.1, -0.05) is 12.1 Å². The lowest BCUT2D eigenvalue weighted by Crippen LogP contribution is -2.35. The summed E-state index contributed by atoms with van der Waals surface area (Å²) in [6.45, 7) is 4.52. The molecule has 1 aliphatic heterocycles. The molecule has 25 heavy (non-hydrogen) atoms. The first-order chi connectivity index (χ1) is 11.9. The van der Waals surface area contributed by atoms with E-state index in [0.29, 0.717) is 23.8 Å². The number of aromatic nitrogens is 2. The Bertz CT molecular complexity index is 791. The molecule has 2 N–H and O–H groups in total. The number of carboxylic acids is 1. The molecule has 1 aromatic heterocycles. The molecule has 1 amide bonds. The van der Waals surface area contributed by atoms with Gasteiger partial charge in [0.1, 0.15) is 0 Å². The van der Waals surface area contributed by atoms with Crippen molar-refractivity contribution in [1.29, 1.82) is 0 Å². The summed E-state index contributed by atoms with van der Waals surface area (Å²) < 4.78 is 6.72. The van der Waals surface area contributed by atoms with E-state index in [-0.39, 0.29) is 5.91 Å². The van der Waals surface area contributed by atoms with Crippen LogP contribution >= 0.6 is 0 Å². The lowest BCUT2D eigenvalue weighted by Gasteiger charge is -2.19. The second kappa shape index (κ2) is 6.68. The van der Waals surface area contributed by atoms with Crippen LogP contribution in [0.3, 0.4) is 0 Å². The highest BCUT2D eigenvalue weighted by molar-refractivity contribution is 6.04. The van der Waals surface area contributed by atoms with Gasteiger partial charge in [-0.3, -0.25) is 9.48 Å². The van der Waals surface area contributed by atoms with E-state index in [1.807, 2.05) is 18.2 Å². The molecule has 132 valence electrons. The van der Waals surface area contributed by atoms with Crippen LogP contribution in [0, 0.1) is 0 Å². The molecule has 3 rings (SSSR count). The predicted octanol–water partition coefficient (Wildman–Crippen LogP) is 2.46. The maximum absolute atomic E-state index is 12.5. The Morgan fingerprint density at radius 2 is 2.20 bits per heavy atom. The monoisotopic (exact) mass is 343 g/mol. The van der Waals surface area contributed by atoms with Gasteiger partial charge in [0.15, 0.2) is 5.54 Å². The molecule has 1 atom stereocenters. The summed E-state index contributed by atoms with van der Waals surface area (Å²) in [5.74, 6) is -0.930. The van der Waals surface area contributed by atoms with Crippen LogP contribution in [0.15, 0.2) is 36.7 Å². The van der Waals surface area contributed by atoms with Crippen molar-refractivity contribution in [1.82, 2.24) is 9.78 Å². The molecule has 7 heteroatoms. The highest BCUT2D eigenvalue weighted by Gasteiger charge is 2.30. The fourth-order valence-electron chi connectivity index (χ4n) is 2.73. The smallest absolute Gasteiger partial charge is 0.331 e. The molecule has 1 fully saturated rings. The number of anilines is 1. The molecule has 1 aromatic carbocycles. The zero-order chi connectivity index (χ0) is 18.0. The molecular weight excluding hydrogens is 322 g/mol. The van der Waals surface area contributed by atoms with E-state index < -0.39 is 11.5 Å². The average Bonchev–Trinajstić information content (AvgIpc) is 3.27. The van der Waals surface area contributed by atoms with Gasteiger partial charge in [-0.15, -0.1) is 0 Å². The van der Waals surface area contributed by atoms with Crippen LogP contribution in [-0.4, -0.2) is 40.0 Å². The zero-order valence-corrected chi connectivity index (χ0v) is 14.2. The predicted molar refractivity (Wildman–Crippen MR) is 91.8 cm³/mol. The topological polar surface area (TPSA) is 93.5 Å². The van der Waals surface area contributed by atoms with Crippen LogP contribution in [-0.2, 0) is 15.1 Å². The van der Waals surface area contributed by atoms with E-state index in [1.165, 1.54) is 17.1 Å². The van der Waals surface area contributed by atoms with Gasteiger partial charge >= 0.3 is 5.97 Å². The maximum atomic E-state index is 12.5. The number of nitrogens with zero attached hydrogens (tertiary/aromatic N) is 2. The Labute approximate surface area is 145 Å². The number of benzene rings is 1. The fraction of sp³-hybridized carbons (Fsp3) is 0.389. The molecule has 0 bridgehead atoms. The minimum absolute atomic E-state index is 0.256. The third-order valence-electron chi connectivity index (χ3n) is 4.49. The lowest BCUT2D eigenvalue weighted by atomic mass is 9.96. The van der Waals surface area contributed by atoms with Gasteiger partial charge in [-0.2, -0.15) is 5.10 Å². The Kier molecular flexibility index (Phi) is 4.59. The second-order valence-electron chi connectivity index (χ2n) is 6.68. The number of ether oxygens (including phenoxy) is 1. The Hall–Kier alpha value is -2.67. The van der Waals surface area contributed by atoms with Crippen molar-refractivity contribution in [2.24, 2.45) is 0 Å². The summed E-state index contributed by atoms with van der Waals surface area (Å²) in [5, 5.41) is 16.0. The number of carbonyl (C=O) groups is 2. The molecule has 1 aliphatic rings. The van der Waals surface area contributed by atoms with Gasteiger partial charge in [0, 0.05) is 24.3 Å².